The number of carbonyl (C=O) groups excluding carboxylic acids is 1. The molecule has 1 aromatic carbocycles. The SMILES string of the molecule is CCc1cccc(OCC(N)CC(=O)OC)c1. The molecule has 1 unspecified atom stereocenters. The number of hydrogen-bond donors (Lipinski definition) is 1. The molecular formula is C13H19NO3. The molecule has 0 fully saturated rings. The molecule has 94 valence electrons. The summed E-state index contributed by atoms with van der Waals surface area (Å²) in [7, 11) is 1.35. The van der Waals surface area contributed by atoms with Crippen molar-refractivity contribution in [3.63, 3.8) is 0 Å². The quantitative estimate of drug-likeness (QED) is 0.762. The normalized spacial score (nSPS) is 11.9. The van der Waals surface area contributed by atoms with E-state index in [0.29, 0.717) is 6.61 Å². The highest BCUT2D eigenvalue weighted by molar-refractivity contribution is 5.69. The van der Waals surface area contributed by atoms with E-state index in [9.17, 15) is 4.79 Å². The van der Waals surface area contributed by atoms with Gasteiger partial charge in [-0.2, -0.15) is 0 Å². The van der Waals surface area contributed by atoms with Crippen molar-refractivity contribution >= 4 is 5.97 Å². The monoisotopic (exact) mass is 237 g/mol. The van der Waals surface area contributed by atoms with Crippen LogP contribution in [0.25, 0.3) is 0 Å². The molecule has 4 nitrogen and oxygen atoms in total. The molecule has 1 atom stereocenters. The number of hydrogen-bond acceptors (Lipinski definition) is 4. The van der Waals surface area contributed by atoms with Crippen LogP contribution in [-0.2, 0) is 16.0 Å². The van der Waals surface area contributed by atoms with Gasteiger partial charge in [-0.05, 0) is 24.1 Å². The molecule has 4 heteroatoms. The first-order valence-corrected chi connectivity index (χ1v) is 5.69. The third-order valence-corrected chi connectivity index (χ3v) is 2.43. The molecule has 0 heterocycles. The van der Waals surface area contributed by atoms with Gasteiger partial charge in [0.1, 0.15) is 12.4 Å². The zero-order valence-corrected chi connectivity index (χ0v) is 10.3. The summed E-state index contributed by atoms with van der Waals surface area (Å²) < 4.78 is 10.1. The molecule has 0 aliphatic heterocycles. The van der Waals surface area contributed by atoms with Gasteiger partial charge in [0.2, 0.25) is 0 Å². The zero-order chi connectivity index (χ0) is 12.7. The van der Waals surface area contributed by atoms with Crippen molar-refractivity contribution < 1.29 is 14.3 Å². The van der Waals surface area contributed by atoms with E-state index in [-0.39, 0.29) is 18.4 Å². The van der Waals surface area contributed by atoms with Crippen molar-refractivity contribution in [2.45, 2.75) is 25.8 Å². The molecule has 1 aromatic rings. The van der Waals surface area contributed by atoms with Crippen molar-refractivity contribution in [3.8, 4) is 5.75 Å². The highest BCUT2D eigenvalue weighted by Crippen LogP contribution is 2.13. The Bertz CT molecular complexity index is 365. The largest absolute Gasteiger partial charge is 0.492 e. The Morgan fingerprint density at radius 1 is 1.47 bits per heavy atom. The van der Waals surface area contributed by atoms with E-state index < -0.39 is 0 Å². The molecule has 0 amide bonds. The van der Waals surface area contributed by atoms with Crippen molar-refractivity contribution in [2.24, 2.45) is 5.73 Å². The summed E-state index contributed by atoms with van der Waals surface area (Å²) >= 11 is 0. The number of esters is 1. The predicted octanol–water partition coefficient (Wildman–Crippen LogP) is 1.52. The van der Waals surface area contributed by atoms with Gasteiger partial charge in [0.15, 0.2) is 0 Å². The van der Waals surface area contributed by atoms with Crippen LogP contribution in [0, 0.1) is 0 Å². The van der Waals surface area contributed by atoms with Crippen LogP contribution in [-0.4, -0.2) is 25.7 Å². The fourth-order valence-corrected chi connectivity index (χ4v) is 1.41. The van der Waals surface area contributed by atoms with E-state index in [4.69, 9.17) is 10.5 Å². The maximum Gasteiger partial charge on any atom is 0.307 e. The molecule has 17 heavy (non-hydrogen) atoms. The van der Waals surface area contributed by atoms with E-state index in [0.717, 1.165) is 12.2 Å². The average molecular weight is 237 g/mol. The molecule has 2 N–H and O–H groups in total. The summed E-state index contributed by atoms with van der Waals surface area (Å²) in [4.78, 5) is 11.0. The van der Waals surface area contributed by atoms with E-state index in [1.165, 1.54) is 12.7 Å². The molecule has 0 aromatic heterocycles. The van der Waals surface area contributed by atoms with Crippen molar-refractivity contribution in [1.82, 2.24) is 0 Å². The van der Waals surface area contributed by atoms with E-state index in [1.54, 1.807) is 0 Å². The second kappa shape index (κ2) is 6.91. The first kappa shape index (κ1) is 13.5. The number of methoxy groups -OCH3 is 1. The number of nitrogens with two attached hydrogens (primary N) is 1. The lowest BCUT2D eigenvalue weighted by Crippen LogP contribution is -2.30. The minimum Gasteiger partial charge on any atom is -0.492 e. The molecule has 0 aliphatic rings. The molecule has 0 aliphatic carbocycles. The van der Waals surface area contributed by atoms with Gasteiger partial charge < -0.3 is 15.2 Å². The first-order valence-electron chi connectivity index (χ1n) is 5.69. The zero-order valence-electron chi connectivity index (χ0n) is 10.3. The van der Waals surface area contributed by atoms with Gasteiger partial charge in [-0.3, -0.25) is 4.79 Å². The van der Waals surface area contributed by atoms with Gasteiger partial charge >= 0.3 is 5.97 Å². The topological polar surface area (TPSA) is 61.5 Å². The van der Waals surface area contributed by atoms with Crippen molar-refractivity contribution in [3.05, 3.63) is 29.8 Å². The number of ether oxygens (including phenoxy) is 2. The van der Waals surface area contributed by atoms with E-state index in [2.05, 4.69) is 11.7 Å². The summed E-state index contributed by atoms with van der Waals surface area (Å²) in [5, 5.41) is 0. The Balaban J connectivity index is 2.41. The van der Waals surface area contributed by atoms with Crippen molar-refractivity contribution in [2.75, 3.05) is 13.7 Å². The third-order valence-electron chi connectivity index (χ3n) is 2.43. The molecule has 0 saturated carbocycles. The lowest BCUT2D eigenvalue weighted by atomic mass is 10.2. The van der Waals surface area contributed by atoms with Gasteiger partial charge in [-0.25, -0.2) is 0 Å². The third kappa shape index (κ3) is 4.87. The maximum atomic E-state index is 11.0. The van der Waals surface area contributed by atoms with Crippen LogP contribution in [0.2, 0.25) is 0 Å². The maximum absolute atomic E-state index is 11.0. The van der Waals surface area contributed by atoms with Crippen LogP contribution >= 0.6 is 0 Å². The summed E-state index contributed by atoms with van der Waals surface area (Å²) in [5.41, 5.74) is 6.95. The standard InChI is InChI=1S/C13H19NO3/c1-3-10-5-4-6-12(7-10)17-9-11(14)8-13(15)16-2/h4-7,11H,3,8-9,14H2,1-2H3. The van der Waals surface area contributed by atoms with Gasteiger partial charge in [0, 0.05) is 6.04 Å². The summed E-state index contributed by atoms with van der Waals surface area (Å²) in [6, 6.07) is 7.50. The van der Waals surface area contributed by atoms with Crippen LogP contribution in [0.1, 0.15) is 18.9 Å². The van der Waals surface area contributed by atoms with Crippen LogP contribution in [0.15, 0.2) is 24.3 Å². The second-order valence-corrected chi connectivity index (χ2v) is 3.85. The highest BCUT2D eigenvalue weighted by Gasteiger charge is 2.10. The molecule has 0 spiro atoms. The molecule has 0 saturated heterocycles. The highest BCUT2D eigenvalue weighted by atomic mass is 16.5. The fourth-order valence-electron chi connectivity index (χ4n) is 1.41. The Morgan fingerprint density at radius 3 is 2.88 bits per heavy atom. The lowest BCUT2D eigenvalue weighted by molar-refractivity contribution is -0.141. The minimum atomic E-state index is -0.340. The van der Waals surface area contributed by atoms with Gasteiger partial charge in [0.05, 0.1) is 13.5 Å². The lowest BCUT2D eigenvalue weighted by Gasteiger charge is -2.12. The Morgan fingerprint density at radius 2 is 2.24 bits per heavy atom. The Kier molecular flexibility index (Phi) is 5.49. The second-order valence-electron chi connectivity index (χ2n) is 3.85. The predicted molar refractivity (Wildman–Crippen MR) is 65.9 cm³/mol. The smallest absolute Gasteiger partial charge is 0.307 e. The first-order chi connectivity index (χ1) is 8.15. The van der Waals surface area contributed by atoms with Gasteiger partial charge in [0.25, 0.3) is 0 Å². The summed E-state index contributed by atoms with van der Waals surface area (Å²) in [5.74, 6) is 0.466. The van der Waals surface area contributed by atoms with E-state index >= 15 is 0 Å². The average Bonchev–Trinajstić information content (AvgIpc) is 2.36. The molecule has 0 bridgehead atoms. The molecular weight excluding hydrogens is 218 g/mol. The number of aryl methyl sites for hydroxylation is 1. The van der Waals surface area contributed by atoms with Crippen LogP contribution in [0.3, 0.4) is 0 Å². The summed E-state index contributed by atoms with van der Waals surface area (Å²) in [6.45, 7) is 2.39. The summed E-state index contributed by atoms with van der Waals surface area (Å²) in [6.07, 6.45) is 1.13. The fraction of sp³-hybridized carbons (Fsp3) is 0.462. The van der Waals surface area contributed by atoms with Crippen molar-refractivity contribution in [1.29, 1.82) is 0 Å². The number of rotatable bonds is 6. The number of carbonyl (C=O) groups is 1. The van der Waals surface area contributed by atoms with E-state index in [1.807, 2.05) is 24.3 Å². The number of benzene rings is 1. The van der Waals surface area contributed by atoms with Crippen LogP contribution < -0.4 is 10.5 Å². The van der Waals surface area contributed by atoms with Crippen LogP contribution in [0.5, 0.6) is 5.75 Å². The Hall–Kier alpha value is -1.55. The molecule has 0 radical (unpaired) electrons. The Labute approximate surface area is 102 Å². The molecule has 1 rings (SSSR count). The van der Waals surface area contributed by atoms with Gasteiger partial charge in [-0.15, -0.1) is 0 Å². The minimum absolute atomic E-state index is 0.171. The van der Waals surface area contributed by atoms with Gasteiger partial charge in [-0.1, -0.05) is 19.1 Å². The van der Waals surface area contributed by atoms with Crippen LogP contribution in [0.4, 0.5) is 0 Å².